The van der Waals surface area contributed by atoms with Crippen LogP contribution < -0.4 is 5.32 Å². The number of aliphatic carboxylic acids is 1. The average molecular weight is 338 g/mol. The molecule has 9 heteroatoms. The number of nitrogens with zero attached hydrogens (tertiary/aromatic N) is 4. The monoisotopic (exact) mass is 337 g/mol. The fraction of sp³-hybridized carbons (Fsp3) is 0.357. The number of carboxylic acids is 1. The maximum atomic E-state index is 12.4. The SMILES string of the molecule is CC(C)(CCNC(=O)c1cc(Cl)ccc1-n1cnnn1)C(=O)O. The second-order valence-electron chi connectivity index (χ2n) is 5.61. The number of halogens is 1. The molecule has 2 aromatic rings. The maximum Gasteiger partial charge on any atom is 0.309 e. The van der Waals surface area contributed by atoms with E-state index < -0.39 is 11.4 Å². The van der Waals surface area contributed by atoms with Crippen molar-refractivity contribution in [3.8, 4) is 5.69 Å². The Bertz CT molecular complexity index is 715. The van der Waals surface area contributed by atoms with Crippen molar-refractivity contribution in [1.82, 2.24) is 25.5 Å². The third-order valence-electron chi connectivity index (χ3n) is 3.41. The van der Waals surface area contributed by atoms with Crippen molar-refractivity contribution in [2.24, 2.45) is 5.41 Å². The van der Waals surface area contributed by atoms with E-state index in [9.17, 15) is 9.59 Å². The summed E-state index contributed by atoms with van der Waals surface area (Å²) in [5, 5.41) is 23.0. The standard InChI is InChI=1S/C14H16ClN5O3/c1-14(2,13(22)23)5-6-16-12(21)10-7-9(15)3-4-11(10)20-8-17-18-19-20/h3-4,7-8H,5-6H2,1-2H3,(H,16,21)(H,22,23). The number of aromatic nitrogens is 4. The van der Waals surface area contributed by atoms with Crippen molar-refractivity contribution in [2.45, 2.75) is 20.3 Å². The first kappa shape index (κ1) is 16.9. The van der Waals surface area contributed by atoms with E-state index in [0.29, 0.717) is 22.7 Å². The van der Waals surface area contributed by atoms with Gasteiger partial charge in [0.25, 0.3) is 5.91 Å². The molecule has 0 saturated heterocycles. The first-order chi connectivity index (χ1) is 10.8. The van der Waals surface area contributed by atoms with Crippen molar-refractivity contribution < 1.29 is 14.7 Å². The number of hydrogen-bond acceptors (Lipinski definition) is 5. The van der Waals surface area contributed by atoms with E-state index in [1.54, 1.807) is 26.0 Å². The van der Waals surface area contributed by atoms with Crippen LogP contribution in [-0.4, -0.2) is 43.7 Å². The van der Waals surface area contributed by atoms with Gasteiger partial charge in [-0.3, -0.25) is 9.59 Å². The summed E-state index contributed by atoms with van der Waals surface area (Å²) >= 11 is 5.95. The number of hydrogen-bond donors (Lipinski definition) is 2. The Balaban J connectivity index is 2.14. The minimum absolute atomic E-state index is 0.222. The van der Waals surface area contributed by atoms with Gasteiger partial charge in [-0.1, -0.05) is 11.6 Å². The number of carbonyl (C=O) groups excluding carboxylic acids is 1. The molecule has 0 unspecified atom stereocenters. The Morgan fingerprint density at radius 1 is 1.39 bits per heavy atom. The second-order valence-corrected chi connectivity index (χ2v) is 6.05. The van der Waals surface area contributed by atoms with Gasteiger partial charge in [-0.05, 0) is 48.9 Å². The Kier molecular flexibility index (Phi) is 4.95. The first-order valence-corrected chi connectivity index (χ1v) is 7.23. The Labute approximate surface area is 137 Å². The van der Waals surface area contributed by atoms with Gasteiger partial charge in [0.05, 0.1) is 16.7 Å². The van der Waals surface area contributed by atoms with Crippen LogP contribution in [0.1, 0.15) is 30.6 Å². The van der Waals surface area contributed by atoms with Gasteiger partial charge in [0.15, 0.2) is 0 Å². The van der Waals surface area contributed by atoms with Gasteiger partial charge in [-0.25, -0.2) is 0 Å². The van der Waals surface area contributed by atoms with Gasteiger partial charge in [0.1, 0.15) is 6.33 Å². The zero-order valence-corrected chi connectivity index (χ0v) is 13.4. The number of tetrazole rings is 1. The van der Waals surface area contributed by atoms with Crippen LogP contribution >= 0.6 is 11.6 Å². The highest BCUT2D eigenvalue weighted by Gasteiger charge is 2.26. The van der Waals surface area contributed by atoms with Gasteiger partial charge >= 0.3 is 5.97 Å². The van der Waals surface area contributed by atoms with E-state index in [2.05, 4.69) is 20.8 Å². The van der Waals surface area contributed by atoms with Crippen LogP contribution in [0.5, 0.6) is 0 Å². The molecular weight excluding hydrogens is 322 g/mol. The summed E-state index contributed by atoms with van der Waals surface area (Å²) in [6.45, 7) is 3.43. The molecule has 8 nitrogen and oxygen atoms in total. The number of carbonyl (C=O) groups is 2. The van der Waals surface area contributed by atoms with Crippen LogP contribution in [0, 0.1) is 5.41 Å². The van der Waals surface area contributed by atoms with Gasteiger partial charge in [0, 0.05) is 11.6 Å². The molecule has 1 aromatic heterocycles. The lowest BCUT2D eigenvalue weighted by Crippen LogP contribution is -2.32. The lowest BCUT2D eigenvalue weighted by molar-refractivity contribution is -0.147. The molecule has 23 heavy (non-hydrogen) atoms. The molecule has 1 heterocycles. The van der Waals surface area contributed by atoms with Crippen LogP contribution in [0.15, 0.2) is 24.5 Å². The fourth-order valence-electron chi connectivity index (χ4n) is 1.85. The molecule has 0 fully saturated rings. The largest absolute Gasteiger partial charge is 0.481 e. The van der Waals surface area contributed by atoms with Gasteiger partial charge < -0.3 is 10.4 Å². The molecule has 0 aliphatic heterocycles. The maximum absolute atomic E-state index is 12.4. The van der Waals surface area contributed by atoms with Crippen LogP contribution in [0.25, 0.3) is 5.69 Å². The summed E-state index contributed by atoms with van der Waals surface area (Å²) in [5.74, 6) is -1.29. The Hall–Kier alpha value is -2.48. The molecule has 0 aliphatic carbocycles. The van der Waals surface area contributed by atoms with Gasteiger partial charge in [-0.2, -0.15) is 4.68 Å². The molecule has 0 aliphatic rings. The van der Waals surface area contributed by atoms with Crippen LogP contribution in [-0.2, 0) is 4.79 Å². The summed E-state index contributed by atoms with van der Waals surface area (Å²) in [4.78, 5) is 23.4. The number of benzene rings is 1. The van der Waals surface area contributed by atoms with E-state index in [1.165, 1.54) is 17.1 Å². The van der Waals surface area contributed by atoms with Crippen molar-refractivity contribution in [1.29, 1.82) is 0 Å². The molecule has 0 bridgehead atoms. The van der Waals surface area contributed by atoms with Crippen LogP contribution in [0.4, 0.5) is 0 Å². The summed E-state index contributed by atoms with van der Waals surface area (Å²) in [5.41, 5.74) is -0.132. The van der Waals surface area contributed by atoms with E-state index >= 15 is 0 Å². The van der Waals surface area contributed by atoms with Crippen molar-refractivity contribution in [3.63, 3.8) is 0 Å². The lowest BCUT2D eigenvalue weighted by Gasteiger charge is -2.19. The molecule has 122 valence electrons. The molecule has 2 rings (SSSR count). The zero-order chi connectivity index (χ0) is 17.0. The minimum atomic E-state index is -0.916. The number of nitrogens with one attached hydrogen (secondary N) is 1. The zero-order valence-electron chi connectivity index (χ0n) is 12.7. The average Bonchev–Trinajstić information content (AvgIpc) is 3.00. The Morgan fingerprint density at radius 2 is 2.13 bits per heavy atom. The summed E-state index contributed by atoms with van der Waals surface area (Å²) in [6, 6.07) is 4.77. The van der Waals surface area contributed by atoms with Crippen molar-refractivity contribution >= 4 is 23.5 Å². The van der Waals surface area contributed by atoms with Gasteiger partial charge in [0.2, 0.25) is 0 Å². The van der Waals surface area contributed by atoms with Crippen molar-refractivity contribution in [2.75, 3.05) is 6.54 Å². The molecule has 1 amide bonds. The highest BCUT2D eigenvalue weighted by atomic mass is 35.5. The predicted octanol–water partition coefficient (Wildman–Crippen LogP) is 1.55. The quantitative estimate of drug-likeness (QED) is 0.827. The minimum Gasteiger partial charge on any atom is -0.481 e. The number of rotatable bonds is 6. The summed E-state index contributed by atoms with van der Waals surface area (Å²) < 4.78 is 1.35. The topological polar surface area (TPSA) is 110 Å². The first-order valence-electron chi connectivity index (χ1n) is 6.86. The molecule has 2 N–H and O–H groups in total. The smallest absolute Gasteiger partial charge is 0.309 e. The highest BCUT2D eigenvalue weighted by molar-refractivity contribution is 6.31. The number of carboxylic acid groups (broad SMARTS) is 1. The lowest BCUT2D eigenvalue weighted by atomic mass is 9.89. The fourth-order valence-corrected chi connectivity index (χ4v) is 2.02. The third kappa shape index (κ3) is 4.04. The predicted molar refractivity (Wildman–Crippen MR) is 82.5 cm³/mol. The van der Waals surface area contributed by atoms with E-state index in [1.807, 2.05) is 0 Å². The Morgan fingerprint density at radius 3 is 2.74 bits per heavy atom. The molecule has 0 atom stereocenters. The second kappa shape index (κ2) is 6.74. The molecular formula is C14H16ClN5O3. The normalized spacial score (nSPS) is 11.3. The molecule has 0 saturated carbocycles. The summed E-state index contributed by atoms with van der Waals surface area (Å²) in [6.07, 6.45) is 1.67. The van der Waals surface area contributed by atoms with Crippen LogP contribution in [0.2, 0.25) is 5.02 Å². The van der Waals surface area contributed by atoms with Crippen LogP contribution in [0.3, 0.4) is 0 Å². The molecule has 0 radical (unpaired) electrons. The third-order valence-corrected chi connectivity index (χ3v) is 3.65. The number of amides is 1. The highest BCUT2D eigenvalue weighted by Crippen LogP contribution is 2.21. The van der Waals surface area contributed by atoms with E-state index in [-0.39, 0.29) is 12.5 Å². The van der Waals surface area contributed by atoms with Crippen molar-refractivity contribution in [3.05, 3.63) is 35.1 Å². The molecule has 1 aromatic carbocycles. The van der Waals surface area contributed by atoms with E-state index in [4.69, 9.17) is 16.7 Å². The summed E-state index contributed by atoms with van der Waals surface area (Å²) in [7, 11) is 0. The molecule has 0 spiro atoms. The van der Waals surface area contributed by atoms with E-state index in [0.717, 1.165) is 0 Å². The van der Waals surface area contributed by atoms with Gasteiger partial charge in [-0.15, -0.1) is 5.10 Å².